The van der Waals surface area contributed by atoms with E-state index in [0.717, 1.165) is 5.69 Å². The Bertz CT molecular complexity index is 917. The van der Waals surface area contributed by atoms with E-state index in [0.29, 0.717) is 38.2 Å². The highest BCUT2D eigenvalue weighted by molar-refractivity contribution is 7.89. The highest BCUT2D eigenvalue weighted by Crippen LogP contribution is 2.25. The smallest absolute Gasteiger partial charge is 0.246 e. The molecule has 3 heterocycles. The molecule has 1 aliphatic rings. The number of nitrogens with zero attached hydrogens (tertiary/aromatic N) is 5. The normalized spacial score (nSPS) is 18.6. The molecular weight excluding hydrogens is 368 g/mol. The summed E-state index contributed by atoms with van der Waals surface area (Å²) in [7, 11) is -1.84. The molecule has 0 bridgehead atoms. The Morgan fingerprint density at radius 1 is 1.41 bits per heavy atom. The molecule has 9 nitrogen and oxygen atoms in total. The largest absolute Gasteiger partial charge is 0.350 e. The van der Waals surface area contributed by atoms with Crippen LogP contribution >= 0.6 is 0 Å². The third kappa shape index (κ3) is 4.06. The van der Waals surface area contributed by atoms with Crippen LogP contribution in [0.15, 0.2) is 23.4 Å². The van der Waals surface area contributed by atoms with Crippen molar-refractivity contribution in [3.63, 3.8) is 0 Å². The average molecular weight is 395 g/mol. The van der Waals surface area contributed by atoms with E-state index in [1.54, 1.807) is 28.7 Å². The van der Waals surface area contributed by atoms with Crippen LogP contribution in [-0.2, 0) is 35.0 Å². The molecule has 2 aromatic heterocycles. The number of carbonyl (C=O) groups excluding carboxylic acids is 1. The predicted octanol–water partition coefficient (Wildman–Crippen LogP) is 0.662. The monoisotopic (exact) mass is 394 g/mol. The predicted molar refractivity (Wildman–Crippen MR) is 99.2 cm³/mol. The molecule has 1 saturated heterocycles. The molecule has 27 heavy (non-hydrogen) atoms. The molecule has 0 saturated carbocycles. The lowest BCUT2D eigenvalue weighted by molar-refractivity contribution is -0.126. The molecule has 0 spiro atoms. The zero-order chi connectivity index (χ0) is 19.6. The van der Waals surface area contributed by atoms with Crippen molar-refractivity contribution in [3.8, 4) is 0 Å². The first-order valence-corrected chi connectivity index (χ1v) is 10.6. The van der Waals surface area contributed by atoms with E-state index in [9.17, 15) is 13.2 Å². The van der Waals surface area contributed by atoms with Crippen LogP contribution in [0.3, 0.4) is 0 Å². The van der Waals surface area contributed by atoms with Gasteiger partial charge in [-0.2, -0.15) is 14.5 Å². The summed E-state index contributed by atoms with van der Waals surface area (Å²) in [6.07, 6.45) is 4.58. The molecule has 1 N–H and O–H groups in total. The Balaban J connectivity index is 1.68. The molecule has 1 aliphatic heterocycles. The maximum absolute atomic E-state index is 13.0. The molecule has 1 fully saturated rings. The summed E-state index contributed by atoms with van der Waals surface area (Å²) >= 11 is 0. The van der Waals surface area contributed by atoms with Crippen molar-refractivity contribution in [2.75, 3.05) is 13.1 Å². The van der Waals surface area contributed by atoms with E-state index < -0.39 is 10.0 Å². The van der Waals surface area contributed by atoms with Crippen LogP contribution in [0.1, 0.15) is 31.2 Å². The summed E-state index contributed by atoms with van der Waals surface area (Å²) in [5, 5.41) is 11.2. The van der Waals surface area contributed by atoms with E-state index in [2.05, 4.69) is 15.5 Å². The van der Waals surface area contributed by atoms with Crippen molar-refractivity contribution in [1.82, 2.24) is 29.2 Å². The molecule has 0 aliphatic carbocycles. The maximum Gasteiger partial charge on any atom is 0.246 e. The lowest BCUT2D eigenvalue weighted by atomic mass is 9.99. The average Bonchev–Trinajstić information content (AvgIpc) is 3.25. The summed E-state index contributed by atoms with van der Waals surface area (Å²) in [5.74, 6) is -0.486. The van der Waals surface area contributed by atoms with Crippen molar-refractivity contribution in [2.45, 2.75) is 44.7 Å². The number of piperidine rings is 1. The number of rotatable bonds is 6. The van der Waals surface area contributed by atoms with Gasteiger partial charge in [0.25, 0.3) is 0 Å². The SMILES string of the molecule is CCn1cc(S(=O)(=O)N2CCC[C@@H](C(=O)NCc3ccnn3C)C2)c(C)n1. The molecule has 0 radical (unpaired) electrons. The van der Waals surface area contributed by atoms with Gasteiger partial charge in [-0.15, -0.1) is 0 Å². The third-order valence-corrected chi connectivity index (χ3v) is 6.93. The minimum Gasteiger partial charge on any atom is -0.350 e. The number of hydrogen-bond donors (Lipinski definition) is 1. The number of hydrogen-bond acceptors (Lipinski definition) is 5. The Labute approximate surface area is 159 Å². The summed E-state index contributed by atoms with van der Waals surface area (Å²) in [6.45, 7) is 5.20. The van der Waals surface area contributed by atoms with Gasteiger partial charge in [0.15, 0.2) is 0 Å². The number of sulfonamides is 1. The van der Waals surface area contributed by atoms with Gasteiger partial charge < -0.3 is 5.32 Å². The van der Waals surface area contributed by atoms with E-state index >= 15 is 0 Å². The fraction of sp³-hybridized carbons (Fsp3) is 0.588. The fourth-order valence-corrected chi connectivity index (χ4v) is 5.02. The zero-order valence-electron chi connectivity index (χ0n) is 15.9. The van der Waals surface area contributed by atoms with Gasteiger partial charge in [0.2, 0.25) is 15.9 Å². The van der Waals surface area contributed by atoms with Crippen molar-refractivity contribution in [2.24, 2.45) is 13.0 Å². The van der Waals surface area contributed by atoms with E-state index in [4.69, 9.17) is 0 Å². The Hall–Kier alpha value is -2.20. The quantitative estimate of drug-likeness (QED) is 0.776. The summed E-state index contributed by atoms with van der Waals surface area (Å²) in [6, 6.07) is 1.84. The Kier molecular flexibility index (Phi) is 5.66. The molecular formula is C17H26N6O3S. The number of aryl methyl sites for hydroxylation is 3. The molecule has 1 atom stereocenters. The molecule has 148 valence electrons. The second kappa shape index (κ2) is 7.81. The Morgan fingerprint density at radius 2 is 2.19 bits per heavy atom. The van der Waals surface area contributed by atoms with Crippen molar-refractivity contribution >= 4 is 15.9 Å². The lowest BCUT2D eigenvalue weighted by Gasteiger charge is -2.31. The number of amides is 1. The standard InChI is InChI=1S/C17H26N6O3S/c1-4-22-12-16(13(2)20-22)27(25,26)23-9-5-6-14(11-23)17(24)18-10-15-7-8-19-21(15)3/h7-8,12,14H,4-6,9-11H2,1-3H3,(H,18,24)/t14-/m1/s1. The van der Waals surface area contributed by atoms with Crippen molar-refractivity contribution in [1.29, 1.82) is 0 Å². The first-order chi connectivity index (χ1) is 12.8. The number of nitrogens with one attached hydrogen (secondary N) is 1. The van der Waals surface area contributed by atoms with Crippen LogP contribution in [0, 0.1) is 12.8 Å². The first-order valence-electron chi connectivity index (χ1n) is 9.11. The summed E-state index contributed by atoms with van der Waals surface area (Å²) in [4.78, 5) is 12.8. The van der Waals surface area contributed by atoms with Gasteiger partial charge in [-0.1, -0.05) is 0 Å². The van der Waals surface area contributed by atoms with Crippen molar-refractivity contribution < 1.29 is 13.2 Å². The van der Waals surface area contributed by atoms with Gasteiger partial charge in [0, 0.05) is 39.1 Å². The van der Waals surface area contributed by atoms with Crippen LogP contribution in [-0.4, -0.2) is 51.3 Å². The minimum atomic E-state index is -3.66. The van der Waals surface area contributed by atoms with Gasteiger partial charge in [0.1, 0.15) is 4.90 Å². The molecule has 0 aromatic carbocycles. The van der Waals surface area contributed by atoms with Crippen LogP contribution in [0.4, 0.5) is 0 Å². The highest BCUT2D eigenvalue weighted by Gasteiger charge is 2.35. The highest BCUT2D eigenvalue weighted by atomic mass is 32.2. The summed E-state index contributed by atoms with van der Waals surface area (Å²) in [5.41, 5.74) is 1.38. The summed E-state index contributed by atoms with van der Waals surface area (Å²) < 4.78 is 30.8. The van der Waals surface area contributed by atoms with E-state index in [1.165, 1.54) is 4.31 Å². The van der Waals surface area contributed by atoms with E-state index in [-0.39, 0.29) is 23.3 Å². The van der Waals surface area contributed by atoms with Crippen LogP contribution in [0.2, 0.25) is 0 Å². The first kappa shape index (κ1) is 19.6. The Morgan fingerprint density at radius 3 is 2.81 bits per heavy atom. The van der Waals surface area contributed by atoms with Gasteiger partial charge in [0.05, 0.1) is 23.9 Å². The fourth-order valence-electron chi connectivity index (χ4n) is 3.33. The molecule has 10 heteroatoms. The molecule has 2 aromatic rings. The third-order valence-electron chi connectivity index (χ3n) is 4.96. The topological polar surface area (TPSA) is 102 Å². The zero-order valence-corrected chi connectivity index (χ0v) is 16.7. The van der Waals surface area contributed by atoms with Gasteiger partial charge in [-0.05, 0) is 32.8 Å². The second-order valence-electron chi connectivity index (χ2n) is 6.80. The van der Waals surface area contributed by atoms with Gasteiger partial charge in [-0.3, -0.25) is 14.2 Å². The van der Waals surface area contributed by atoms with Gasteiger partial charge >= 0.3 is 0 Å². The maximum atomic E-state index is 13.0. The molecule has 0 unspecified atom stereocenters. The molecule has 1 amide bonds. The van der Waals surface area contributed by atoms with Crippen LogP contribution in [0.5, 0.6) is 0 Å². The second-order valence-corrected chi connectivity index (χ2v) is 8.71. The van der Waals surface area contributed by atoms with Crippen LogP contribution < -0.4 is 5.32 Å². The van der Waals surface area contributed by atoms with Gasteiger partial charge in [-0.25, -0.2) is 8.42 Å². The van der Waals surface area contributed by atoms with E-state index in [1.807, 2.05) is 20.0 Å². The molecule has 3 rings (SSSR count). The number of aromatic nitrogens is 4. The number of carbonyl (C=O) groups is 1. The van der Waals surface area contributed by atoms with Crippen molar-refractivity contribution in [3.05, 3.63) is 29.8 Å². The van der Waals surface area contributed by atoms with Crippen LogP contribution in [0.25, 0.3) is 0 Å². The lowest BCUT2D eigenvalue weighted by Crippen LogP contribution is -2.45. The minimum absolute atomic E-state index is 0.128.